The van der Waals surface area contributed by atoms with Crippen LogP contribution in [-0.4, -0.2) is 29.5 Å². The number of benzene rings is 2. The van der Waals surface area contributed by atoms with Crippen LogP contribution in [0.4, 0.5) is 0 Å². The molecule has 0 saturated carbocycles. The Bertz CT molecular complexity index is 732. The summed E-state index contributed by atoms with van der Waals surface area (Å²) in [5, 5.41) is 0. The Morgan fingerprint density at radius 3 is 2.74 bits per heavy atom. The van der Waals surface area contributed by atoms with Gasteiger partial charge in [0.1, 0.15) is 5.52 Å². The van der Waals surface area contributed by atoms with Crippen molar-refractivity contribution in [3.63, 3.8) is 0 Å². The first-order valence-electron chi connectivity index (χ1n) is 8.50. The maximum absolute atomic E-state index is 5.98. The number of aromatic nitrogens is 1. The Morgan fingerprint density at radius 2 is 1.87 bits per heavy atom. The molecular weight excluding hydrogens is 284 g/mol. The van der Waals surface area contributed by atoms with Crippen molar-refractivity contribution >= 4 is 11.1 Å². The predicted molar refractivity (Wildman–Crippen MR) is 92.6 cm³/mol. The van der Waals surface area contributed by atoms with Gasteiger partial charge < -0.3 is 9.32 Å². The molecule has 1 aliphatic heterocycles. The molecule has 0 spiro atoms. The molecule has 118 valence electrons. The topological polar surface area (TPSA) is 29.3 Å². The molecule has 1 unspecified atom stereocenters. The third-order valence-electron chi connectivity index (χ3n) is 4.72. The van der Waals surface area contributed by atoms with Crippen LogP contribution in [-0.2, 0) is 6.42 Å². The van der Waals surface area contributed by atoms with Crippen LogP contribution in [0.15, 0.2) is 59.0 Å². The van der Waals surface area contributed by atoms with Crippen molar-refractivity contribution in [1.82, 2.24) is 9.88 Å². The highest BCUT2D eigenvalue weighted by Crippen LogP contribution is 2.28. The van der Waals surface area contributed by atoms with Gasteiger partial charge in [-0.1, -0.05) is 42.5 Å². The van der Waals surface area contributed by atoms with Gasteiger partial charge in [0, 0.05) is 19.0 Å². The van der Waals surface area contributed by atoms with Gasteiger partial charge in [0.05, 0.1) is 0 Å². The molecule has 2 heterocycles. The Kier molecular flexibility index (Phi) is 4.12. The fourth-order valence-corrected chi connectivity index (χ4v) is 3.46. The quantitative estimate of drug-likeness (QED) is 0.721. The molecule has 0 amide bonds. The van der Waals surface area contributed by atoms with Gasteiger partial charge in [-0.25, -0.2) is 4.98 Å². The third-order valence-corrected chi connectivity index (χ3v) is 4.72. The van der Waals surface area contributed by atoms with E-state index in [4.69, 9.17) is 9.40 Å². The molecule has 3 heteroatoms. The van der Waals surface area contributed by atoms with Crippen molar-refractivity contribution in [2.75, 3.05) is 19.6 Å². The van der Waals surface area contributed by atoms with Crippen molar-refractivity contribution in [3.8, 4) is 0 Å². The van der Waals surface area contributed by atoms with Crippen LogP contribution in [0.1, 0.15) is 30.2 Å². The van der Waals surface area contributed by atoms with Crippen molar-refractivity contribution < 1.29 is 4.42 Å². The van der Waals surface area contributed by atoms with Gasteiger partial charge in [-0.3, -0.25) is 0 Å². The molecule has 2 aromatic carbocycles. The number of fused-ring (bicyclic) bond motifs is 1. The molecule has 0 radical (unpaired) electrons. The Hall–Kier alpha value is -2.13. The monoisotopic (exact) mass is 306 g/mol. The summed E-state index contributed by atoms with van der Waals surface area (Å²) in [6.45, 7) is 3.35. The van der Waals surface area contributed by atoms with E-state index in [1.165, 1.54) is 24.9 Å². The van der Waals surface area contributed by atoms with Gasteiger partial charge >= 0.3 is 0 Å². The minimum absolute atomic E-state index is 0.423. The average Bonchev–Trinajstić information content (AvgIpc) is 3.05. The molecule has 0 bridgehead atoms. The number of rotatable bonds is 4. The van der Waals surface area contributed by atoms with E-state index in [1.54, 1.807) is 0 Å². The first-order valence-corrected chi connectivity index (χ1v) is 8.50. The zero-order valence-electron chi connectivity index (χ0n) is 13.3. The van der Waals surface area contributed by atoms with Gasteiger partial charge in [0.25, 0.3) is 0 Å². The number of likely N-dealkylation sites (tertiary alicyclic amines) is 1. The minimum atomic E-state index is 0.423. The van der Waals surface area contributed by atoms with E-state index in [2.05, 4.69) is 35.2 Å². The predicted octanol–water partition coefficient (Wildman–Crippen LogP) is 4.25. The van der Waals surface area contributed by atoms with Crippen LogP contribution >= 0.6 is 0 Å². The van der Waals surface area contributed by atoms with E-state index >= 15 is 0 Å². The Labute approximate surface area is 136 Å². The summed E-state index contributed by atoms with van der Waals surface area (Å²) in [6.07, 6.45) is 3.51. The summed E-state index contributed by atoms with van der Waals surface area (Å²) >= 11 is 0. The maximum atomic E-state index is 5.98. The normalized spacial score (nSPS) is 19.2. The SMILES string of the molecule is c1ccc(CCN2CCCC(c3nc4ccccc4o3)C2)cc1. The minimum Gasteiger partial charge on any atom is -0.440 e. The molecule has 0 aliphatic carbocycles. The number of hydrogen-bond donors (Lipinski definition) is 0. The van der Waals surface area contributed by atoms with Crippen molar-refractivity contribution in [1.29, 1.82) is 0 Å². The summed E-state index contributed by atoms with van der Waals surface area (Å²) in [4.78, 5) is 7.25. The Morgan fingerprint density at radius 1 is 1.04 bits per heavy atom. The average molecular weight is 306 g/mol. The number of para-hydroxylation sites is 2. The molecule has 1 aromatic heterocycles. The number of nitrogens with zero attached hydrogens (tertiary/aromatic N) is 2. The van der Waals surface area contributed by atoms with Crippen LogP contribution in [0.2, 0.25) is 0 Å². The lowest BCUT2D eigenvalue weighted by Gasteiger charge is -2.31. The summed E-state index contributed by atoms with van der Waals surface area (Å²) in [7, 11) is 0. The van der Waals surface area contributed by atoms with Gasteiger partial charge in [0.2, 0.25) is 0 Å². The lowest BCUT2D eigenvalue weighted by Crippen LogP contribution is -2.35. The number of piperidine rings is 1. The molecule has 4 rings (SSSR count). The molecule has 1 saturated heterocycles. The molecule has 3 aromatic rings. The van der Waals surface area contributed by atoms with E-state index in [0.717, 1.165) is 36.5 Å². The molecular formula is C20H22N2O. The summed E-state index contributed by atoms with van der Waals surface area (Å²) in [6, 6.07) is 18.8. The highest BCUT2D eigenvalue weighted by molar-refractivity contribution is 5.72. The fraction of sp³-hybridized carbons (Fsp3) is 0.350. The van der Waals surface area contributed by atoms with E-state index in [-0.39, 0.29) is 0 Å². The van der Waals surface area contributed by atoms with Gasteiger partial charge in [-0.2, -0.15) is 0 Å². The summed E-state index contributed by atoms with van der Waals surface area (Å²) in [5.41, 5.74) is 3.30. The zero-order valence-corrected chi connectivity index (χ0v) is 13.3. The van der Waals surface area contributed by atoms with Crippen LogP contribution in [0.3, 0.4) is 0 Å². The zero-order chi connectivity index (χ0) is 15.5. The van der Waals surface area contributed by atoms with Crippen LogP contribution < -0.4 is 0 Å². The highest BCUT2D eigenvalue weighted by Gasteiger charge is 2.25. The van der Waals surface area contributed by atoms with Crippen molar-refractivity contribution in [3.05, 3.63) is 66.1 Å². The van der Waals surface area contributed by atoms with Crippen molar-refractivity contribution in [2.24, 2.45) is 0 Å². The third kappa shape index (κ3) is 3.30. The van der Waals surface area contributed by atoms with E-state index in [1.807, 2.05) is 24.3 Å². The second-order valence-electron chi connectivity index (χ2n) is 6.40. The van der Waals surface area contributed by atoms with E-state index in [9.17, 15) is 0 Å². The molecule has 3 nitrogen and oxygen atoms in total. The molecule has 1 atom stereocenters. The maximum Gasteiger partial charge on any atom is 0.199 e. The largest absolute Gasteiger partial charge is 0.440 e. The first kappa shape index (κ1) is 14.5. The molecule has 23 heavy (non-hydrogen) atoms. The molecule has 1 aliphatic rings. The lowest BCUT2D eigenvalue weighted by atomic mass is 9.97. The highest BCUT2D eigenvalue weighted by atomic mass is 16.3. The summed E-state index contributed by atoms with van der Waals surface area (Å²) < 4.78 is 5.98. The lowest BCUT2D eigenvalue weighted by molar-refractivity contribution is 0.196. The van der Waals surface area contributed by atoms with Gasteiger partial charge in [0.15, 0.2) is 11.5 Å². The standard InChI is InChI=1S/C20H22N2O/c1-2-7-16(8-3-1)12-14-22-13-6-9-17(15-22)20-21-18-10-4-5-11-19(18)23-20/h1-5,7-8,10-11,17H,6,9,12-15H2. The van der Waals surface area contributed by atoms with Crippen LogP contribution in [0.5, 0.6) is 0 Å². The number of oxazole rings is 1. The second kappa shape index (κ2) is 6.55. The van der Waals surface area contributed by atoms with Crippen LogP contribution in [0, 0.1) is 0 Å². The van der Waals surface area contributed by atoms with E-state index < -0.39 is 0 Å². The first-order chi connectivity index (χ1) is 11.4. The second-order valence-corrected chi connectivity index (χ2v) is 6.40. The smallest absolute Gasteiger partial charge is 0.199 e. The van der Waals surface area contributed by atoms with E-state index in [0.29, 0.717) is 5.92 Å². The van der Waals surface area contributed by atoms with Crippen LogP contribution in [0.25, 0.3) is 11.1 Å². The molecule has 0 N–H and O–H groups in total. The van der Waals surface area contributed by atoms with Gasteiger partial charge in [-0.15, -0.1) is 0 Å². The summed E-state index contributed by atoms with van der Waals surface area (Å²) in [5.74, 6) is 1.34. The Balaban J connectivity index is 1.42. The molecule has 1 fully saturated rings. The van der Waals surface area contributed by atoms with Gasteiger partial charge in [-0.05, 0) is 43.5 Å². The number of hydrogen-bond acceptors (Lipinski definition) is 3. The van der Waals surface area contributed by atoms with Crippen molar-refractivity contribution in [2.45, 2.75) is 25.2 Å². The fourth-order valence-electron chi connectivity index (χ4n) is 3.46.